The van der Waals surface area contributed by atoms with Gasteiger partial charge in [0, 0.05) is 29.0 Å². The predicted octanol–water partition coefficient (Wildman–Crippen LogP) is 4.35. The summed E-state index contributed by atoms with van der Waals surface area (Å²) in [6.45, 7) is 8.03. The summed E-state index contributed by atoms with van der Waals surface area (Å²) in [6.07, 6.45) is 6.89. The van der Waals surface area contributed by atoms with Gasteiger partial charge in [0.15, 0.2) is 0 Å². The molecule has 0 saturated heterocycles. The second kappa shape index (κ2) is 8.67. The zero-order valence-corrected chi connectivity index (χ0v) is 18.4. The van der Waals surface area contributed by atoms with Crippen LogP contribution in [-0.4, -0.2) is 30.0 Å². The molecule has 1 aliphatic rings. The van der Waals surface area contributed by atoms with Crippen LogP contribution in [-0.2, 0) is 10.0 Å². The van der Waals surface area contributed by atoms with Crippen molar-refractivity contribution in [1.29, 1.82) is 0 Å². The number of sulfonamides is 1. The Balaban J connectivity index is 1.78. The molecule has 1 aliphatic carbocycles. The average molecular weight is 418 g/mol. The molecule has 0 amide bonds. The predicted molar refractivity (Wildman–Crippen MR) is 117 cm³/mol. The van der Waals surface area contributed by atoms with Crippen molar-refractivity contribution >= 4 is 27.5 Å². The van der Waals surface area contributed by atoms with Gasteiger partial charge in [-0.15, -0.1) is 0 Å². The zero-order valence-electron chi connectivity index (χ0n) is 17.6. The summed E-state index contributed by atoms with van der Waals surface area (Å²) in [5.74, 6) is 1.16. The highest BCUT2D eigenvalue weighted by Gasteiger charge is 2.22. The van der Waals surface area contributed by atoms with E-state index in [0.717, 1.165) is 31.2 Å². The van der Waals surface area contributed by atoms with Crippen molar-refractivity contribution < 1.29 is 8.42 Å². The number of aromatic nitrogens is 2. The fourth-order valence-corrected chi connectivity index (χ4v) is 4.70. The van der Waals surface area contributed by atoms with Gasteiger partial charge in [-0.1, -0.05) is 25.3 Å². The Kier molecular flexibility index (Phi) is 6.43. The Hall–Kier alpha value is -2.19. The topological polar surface area (TPSA) is 96.0 Å². The minimum atomic E-state index is -3.55. The standard InChI is InChI=1S/C21H31N5O2S/c1-15-14-22-20(25-21(2,3)4)24-19(15)23-17-11-8-12-18(13-17)29(27,28)26-16-9-6-5-7-10-16/h8,11-14,16,26H,5-7,9-10H2,1-4H3,(H2,22,23,24,25). The molecule has 0 spiro atoms. The molecule has 0 atom stereocenters. The van der Waals surface area contributed by atoms with E-state index in [1.165, 1.54) is 6.42 Å². The average Bonchev–Trinajstić information content (AvgIpc) is 2.64. The number of anilines is 3. The van der Waals surface area contributed by atoms with Crippen LogP contribution >= 0.6 is 0 Å². The first-order valence-electron chi connectivity index (χ1n) is 10.1. The molecule has 0 aliphatic heterocycles. The molecule has 3 rings (SSSR count). The summed E-state index contributed by atoms with van der Waals surface area (Å²) in [5, 5.41) is 6.48. The molecule has 0 unspecified atom stereocenters. The third-order valence-electron chi connectivity index (χ3n) is 4.79. The Bertz CT molecular complexity index is 948. The van der Waals surface area contributed by atoms with E-state index in [0.29, 0.717) is 17.5 Å². The normalized spacial score (nSPS) is 15.9. The molecule has 1 aromatic heterocycles. The highest BCUT2D eigenvalue weighted by Crippen LogP contribution is 2.24. The molecule has 8 heteroatoms. The molecule has 2 aromatic rings. The van der Waals surface area contributed by atoms with E-state index in [1.54, 1.807) is 24.4 Å². The number of benzene rings is 1. The van der Waals surface area contributed by atoms with Gasteiger partial charge >= 0.3 is 0 Å². The van der Waals surface area contributed by atoms with Crippen LogP contribution in [0, 0.1) is 6.92 Å². The second-order valence-corrected chi connectivity index (χ2v) is 10.4. The maximum atomic E-state index is 12.8. The Labute approximate surface area is 173 Å². The molecule has 29 heavy (non-hydrogen) atoms. The lowest BCUT2D eigenvalue weighted by atomic mass is 9.96. The molecule has 158 valence electrons. The summed E-state index contributed by atoms with van der Waals surface area (Å²) < 4.78 is 28.5. The van der Waals surface area contributed by atoms with E-state index in [9.17, 15) is 8.42 Å². The van der Waals surface area contributed by atoms with E-state index in [4.69, 9.17) is 0 Å². The lowest BCUT2D eigenvalue weighted by molar-refractivity contribution is 0.412. The number of hydrogen-bond acceptors (Lipinski definition) is 6. The fourth-order valence-electron chi connectivity index (χ4n) is 3.35. The fraction of sp³-hybridized carbons (Fsp3) is 0.524. The third kappa shape index (κ3) is 6.14. The molecule has 3 N–H and O–H groups in total. The first kappa shape index (κ1) is 21.5. The van der Waals surface area contributed by atoms with Gasteiger partial charge in [-0.25, -0.2) is 18.1 Å². The lowest BCUT2D eigenvalue weighted by Gasteiger charge is -2.23. The largest absolute Gasteiger partial charge is 0.350 e. The minimum Gasteiger partial charge on any atom is -0.350 e. The van der Waals surface area contributed by atoms with Gasteiger partial charge in [-0.2, -0.15) is 4.98 Å². The van der Waals surface area contributed by atoms with E-state index in [-0.39, 0.29) is 16.5 Å². The first-order valence-corrected chi connectivity index (χ1v) is 11.6. The van der Waals surface area contributed by atoms with Gasteiger partial charge in [-0.05, 0) is 58.7 Å². The van der Waals surface area contributed by atoms with Crippen LogP contribution in [0.1, 0.15) is 58.4 Å². The Morgan fingerprint density at radius 1 is 1.10 bits per heavy atom. The van der Waals surface area contributed by atoms with Gasteiger partial charge in [0.2, 0.25) is 16.0 Å². The van der Waals surface area contributed by atoms with Crippen molar-refractivity contribution in [3.05, 3.63) is 36.0 Å². The summed E-state index contributed by atoms with van der Waals surface area (Å²) in [6, 6.07) is 6.86. The molecule has 0 bridgehead atoms. The van der Waals surface area contributed by atoms with Crippen LogP contribution in [0.2, 0.25) is 0 Å². The molecular formula is C21H31N5O2S. The van der Waals surface area contributed by atoms with Gasteiger partial charge in [0.05, 0.1) is 4.90 Å². The van der Waals surface area contributed by atoms with Crippen LogP contribution in [0.4, 0.5) is 17.5 Å². The monoisotopic (exact) mass is 417 g/mol. The first-order chi connectivity index (χ1) is 13.6. The second-order valence-electron chi connectivity index (χ2n) is 8.71. The molecule has 7 nitrogen and oxygen atoms in total. The molecular weight excluding hydrogens is 386 g/mol. The summed E-state index contributed by atoms with van der Waals surface area (Å²) >= 11 is 0. The number of nitrogens with one attached hydrogen (secondary N) is 3. The maximum Gasteiger partial charge on any atom is 0.240 e. The summed E-state index contributed by atoms with van der Waals surface area (Å²) in [7, 11) is -3.55. The van der Waals surface area contributed by atoms with Crippen molar-refractivity contribution in [3.8, 4) is 0 Å². The van der Waals surface area contributed by atoms with Gasteiger partial charge < -0.3 is 10.6 Å². The van der Waals surface area contributed by atoms with Crippen molar-refractivity contribution in [2.24, 2.45) is 0 Å². The van der Waals surface area contributed by atoms with Gasteiger partial charge in [0.1, 0.15) is 5.82 Å². The van der Waals surface area contributed by atoms with E-state index >= 15 is 0 Å². The third-order valence-corrected chi connectivity index (χ3v) is 6.31. The molecule has 1 heterocycles. The Morgan fingerprint density at radius 3 is 2.52 bits per heavy atom. The molecule has 1 saturated carbocycles. The highest BCUT2D eigenvalue weighted by molar-refractivity contribution is 7.89. The summed E-state index contributed by atoms with van der Waals surface area (Å²) in [5.41, 5.74) is 1.38. The molecule has 1 aromatic carbocycles. The van der Waals surface area contributed by atoms with Crippen LogP contribution < -0.4 is 15.4 Å². The van der Waals surface area contributed by atoms with Crippen molar-refractivity contribution in [2.45, 2.75) is 76.3 Å². The van der Waals surface area contributed by atoms with Crippen LogP contribution in [0.3, 0.4) is 0 Å². The minimum absolute atomic E-state index is 0.0282. The molecule has 1 fully saturated rings. The Morgan fingerprint density at radius 2 is 1.83 bits per heavy atom. The van der Waals surface area contributed by atoms with Crippen molar-refractivity contribution in [1.82, 2.24) is 14.7 Å². The van der Waals surface area contributed by atoms with Gasteiger partial charge in [-0.3, -0.25) is 0 Å². The van der Waals surface area contributed by atoms with Crippen molar-refractivity contribution in [3.63, 3.8) is 0 Å². The van der Waals surface area contributed by atoms with Crippen LogP contribution in [0.15, 0.2) is 35.4 Å². The van der Waals surface area contributed by atoms with Crippen molar-refractivity contribution in [2.75, 3.05) is 10.6 Å². The van der Waals surface area contributed by atoms with Crippen LogP contribution in [0.5, 0.6) is 0 Å². The zero-order chi connectivity index (χ0) is 21.1. The van der Waals surface area contributed by atoms with E-state index < -0.39 is 10.0 Å². The smallest absolute Gasteiger partial charge is 0.240 e. The highest BCUT2D eigenvalue weighted by atomic mass is 32.2. The maximum absolute atomic E-state index is 12.8. The summed E-state index contributed by atoms with van der Waals surface area (Å²) in [4.78, 5) is 9.12. The number of rotatable bonds is 6. The number of aryl methyl sites for hydroxylation is 1. The molecule has 0 radical (unpaired) electrons. The SMILES string of the molecule is Cc1cnc(NC(C)(C)C)nc1Nc1cccc(S(=O)(=O)NC2CCCCC2)c1. The number of hydrogen-bond donors (Lipinski definition) is 3. The lowest BCUT2D eigenvalue weighted by Crippen LogP contribution is -2.36. The quantitative estimate of drug-likeness (QED) is 0.647. The van der Waals surface area contributed by atoms with Crippen LogP contribution in [0.25, 0.3) is 0 Å². The van der Waals surface area contributed by atoms with Gasteiger partial charge in [0.25, 0.3) is 0 Å². The van der Waals surface area contributed by atoms with E-state index in [2.05, 4.69) is 25.3 Å². The number of nitrogens with zero attached hydrogens (tertiary/aromatic N) is 2. The van der Waals surface area contributed by atoms with E-state index in [1.807, 2.05) is 33.8 Å².